The van der Waals surface area contributed by atoms with Crippen LogP contribution in [-0.4, -0.2) is 30.6 Å². The number of anilines is 1. The number of aryl methyl sites for hydroxylation is 1. The van der Waals surface area contributed by atoms with Crippen molar-refractivity contribution in [3.63, 3.8) is 0 Å². The molecule has 120 valence electrons. The zero-order chi connectivity index (χ0) is 17.4. The molecule has 1 aromatic heterocycles. The molecular weight excluding hydrogens is 322 g/mol. The van der Waals surface area contributed by atoms with Crippen LogP contribution in [0.15, 0.2) is 29.3 Å². The topological polar surface area (TPSA) is 135 Å². The molecule has 0 saturated carbocycles. The van der Waals surface area contributed by atoms with Crippen LogP contribution in [-0.2, 0) is 14.9 Å². The van der Waals surface area contributed by atoms with Gasteiger partial charge in [-0.15, -0.1) is 0 Å². The Morgan fingerprint density at radius 2 is 2.09 bits per heavy atom. The van der Waals surface area contributed by atoms with E-state index in [1.807, 2.05) is 6.07 Å². The van der Waals surface area contributed by atoms with Crippen LogP contribution in [0.1, 0.15) is 21.6 Å². The molecule has 0 atom stereocenters. The zero-order valence-electron chi connectivity index (χ0n) is 12.3. The molecule has 0 unspecified atom stereocenters. The minimum atomic E-state index is -4.34. The standard InChI is InChI=1S/C14H13N3O5S/c1-8-5-10(23(19,20)21)3-4-11(8)17-7-9(6-15)12(16)13(17)14(18)22-2/h3-5,7H,16H2,1-2H3,(H,19,20,21). The summed E-state index contributed by atoms with van der Waals surface area (Å²) in [6.07, 6.45) is 1.36. The maximum Gasteiger partial charge on any atom is 0.357 e. The van der Waals surface area contributed by atoms with Gasteiger partial charge in [-0.1, -0.05) is 0 Å². The first-order chi connectivity index (χ1) is 10.7. The molecule has 0 spiro atoms. The molecular formula is C14H13N3O5S. The van der Waals surface area contributed by atoms with Crippen molar-refractivity contribution in [2.75, 3.05) is 12.8 Å². The molecule has 2 aromatic rings. The third-order valence-electron chi connectivity index (χ3n) is 3.27. The quantitative estimate of drug-likeness (QED) is 0.637. The maximum absolute atomic E-state index is 11.9. The molecule has 9 heteroatoms. The Hall–Kier alpha value is -2.83. The summed E-state index contributed by atoms with van der Waals surface area (Å²) in [6, 6.07) is 5.69. The van der Waals surface area contributed by atoms with E-state index >= 15 is 0 Å². The fourth-order valence-corrected chi connectivity index (χ4v) is 2.73. The second kappa shape index (κ2) is 5.75. The van der Waals surface area contributed by atoms with Crippen LogP contribution in [0.3, 0.4) is 0 Å². The van der Waals surface area contributed by atoms with Crippen molar-refractivity contribution in [1.29, 1.82) is 5.26 Å². The molecule has 23 heavy (non-hydrogen) atoms. The van der Waals surface area contributed by atoms with E-state index in [0.717, 1.165) is 0 Å². The summed E-state index contributed by atoms with van der Waals surface area (Å²) >= 11 is 0. The maximum atomic E-state index is 11.9. The second-order valence-corrected chi connectivity index (χ2v) is 6.12. The number of carbonyl (C=O) groups excluding carboxylic acids is 1. The molecule has 0 radical (unpaired) electrons. The normalized spacial score (nSPS) is 11.0. The molecule has 8 nitrogen and oxygen atoms in total. The number of hydrogen-bond acceptors (Lipinski definition) is 6. The Kier molecular flexibility index (Phi) is 4.14. The molecule has 0 aliphatic heterocycles. The number of methoxy groups -OCH3 is 1. The molecule has 0 fully saturated rings. The summed E-state index contributed by atoms with van der Waals surface area (Å²) in [5.41, 5.74) is 6.69. The van der Waals surface area contributed by atoms with Gasteiger partial charge in [-0.25, -0.2) is 4.79 Å². The van der Waals surface area contributed by atoms with Gasteiger partial charge in [0.25, 0.3) is 10.1 Å². The summed E-state index contributed by atoms with van der Waals surface area (Å²) in [7, 11) is -3.16. The first-order valence-electron chi connectivity index (χ1n) is 6.28. The fourth-order valence-electron chi connectivity index (χ4n) is 2.16. The van der Waals surface area contributed by atoms with Crippen LogP contribution in [0.5, 0.6) is 0 Å². The number of aromatic nitrogens is 1. The highest BCUT2D eigenvalue weighted by Gasteiger charge is 2.23. The predicted molar refractivity (Wildman–Crippen MR) is 80.8 cm³/mol. The summed E-state index contributed by atoms with van der Waals surface area (Å²) in [5, 5.41) is 9.07. The van der Waals surface area contributed by atoms with Gasteiger partial charge in [0.05, 0.1) is 23.3 Å². The highest BCUT2D eigenvalue weighted by Crippen LogP contribution is 2.27. The monoisotopic (exact) mass is 335 g/mol. The van der Waals surface area contributed by atoms with E-state index in [1.165, 1.54) is 36.1 Å². The van der Waals surface area contributed by atoms with Gasteiger partial charge in [0.1, 0.15) is 6.07 Å². The molecule has 0 aliphatic rings. The number of ether oxygens (including phenoxy) is 1. The van der Waals surface area contributed by atoms with E-state index in [2.05, 4.69) is 4.74 Å². The van der Waals surface area contributed by atoms with E-state index in [4.69, 9.17) is 15.5 Å². The van der Waals surface area contributed by atoms with Crippen LogP contribution in [0.25, 0.3) is 5.69 Å². The van der Waals surface area contributed by atoms with Crippen molar-refractivity contribution in [3.05, 3.63) is 41.2 Å². The van der Waals surface area contributed by atoms with E-state index in [9.17, 15) is 13.2 Å². The van der Waals surface area contributed by atoms with Crippen molar-refractivity contribution in [2.24, 2.45) is 0 Å². The Bertz CT molecular complexity index is 938. The summed E-state index contributed by atoms with van der Waals surface area (Å²) < 4.78 is 37.4. The lowest BCUT2D eigenvalue weighted by Crippen LogP contribution is -2.12. The van der Waals surface area contributed by atoms with Gasteiger partial charge in [-0.3, -0.25) is 4.55 Å². The molecule has 3 N–H and O–H groups in total. The van der Waals surface area contributed by atoms with Gasteiger partial charge < -0.3 is 15.0 Å². The summed E-state index contributed by atoms with van der Waals surface area (Å²) in [4.78, 5) is 11.6. The number of nitrogen functional groups attached to an aromatic ring is 1. The van der Waals surface area contributed by atoms with Gasteiger partial charge in [0.15, 0.2) is 5.69 Å². The molecule has 0 bridgehead atoms. The Balaban J connectivity index is 2.73. The van der Waals surface area contributed by atoms with Crippen LogP contribution in [0.2, 0.25) is 0 Å². The minimum absolute atomic E-state index is 0.0300. The van der Waals surface area contributed by atoms with E-state index in [-0.39, 0.29) is 21.8 Å². The number of carbonyl (C=O) groups is 1. The lowest BCUT2D eigenvalue weighted by Gasteiger charge is -2.12. The smallest absolute Gasteiger partial charge is 0.357 e. The van der Waals surface area contributed by atoms with Crippen LogP contribution < -0.4 is 5.73 Å². The molecule has 1 aromatic carbocycles. The van der Waals surface area contributed by atoms with Crippen molar-refractivity contribution >= 4 is 21.8 Å². The van der Waals surface area contributed by atoms with Crippen LogP contribution >= 0.6 is 0 Å². The van der Waals surface area contributed by atoms with Gasteiger partial charge in [0.2, 0.25) is 0 Å². The molecule has 0 aliphatic carbocycles. The number of rotatable bonds is 3. The number of nitrogens with two attached hydrogens (primary N) is 1. The average Bonchev–Trinajstić information content (AvgIpc) is 2.82. The van der Waals surface area contributed by atoms with Gasteiger partial charge >= 0.3 is 5.97 Å². The fraction of sp³-hybridized carbons (Fsp3) is 0.143. The van der Waals surface area contributed by atoms with E-state index < -0.39 is 16.1 Å². The highest BCUT2D eigenvalue weighted by atomic mass is 32.2. The number of esters is 1. The molecule has 0 amide bonds. The summed E-state index contributed by atoms with van der Waals surface area (Å²) in [6.45, 7) is 1.59. The first-order valence-corrected chi connectivity index (χ1v) is 7.72. The first kappa shape index (κ1) is 16.5. The molecule has 1 heterocycles. The van der Waals surface area contributed by atoms with Crippen molar-refractivity contribution in [3.8, 4) is 11.8 Å². The van der Waals surface area contributed by atoms with Crippen LogP contribution in [0.4, 0.5) is 5.69 Å². The zero-order valence-corrected chi connectivity index (χ0v) is 13.1. The minimum Gasteiger partial charge on any atom is -0.464 e. The second-order valence-electron chi connectivity index (χ2n) is 4.70. The largest absolute Gasteiger partial charge is 0.464 e. The Labute approximate surface area is 132 Å². The average molecular weight is 335 g/mol. The third kappa shape index (κ3) is 2.90. The van der Waals surface area contributed by atoms with Crippen molar-refractivity contribution in [1.82, 2.24) is 4.57 Å². The van der Waals surface area contributed by atoms with Gasteiger partial charge in [-0.05, 0) is 30.7 Å². The van der Waals surface area contributed by atoms with Gasteiger partial charge in [0, 0.05) is 11.9 Å². The number of benzene rings is 1. The lowest BCUT2D eigenvalue weighted by molar-refractivity contribution is 0.0593. The van der Waals surface area contributed by atoms with E-state index in [0.29, 0.717) is 11.3 Å². The predicted octanol–water partition coefficient (Wildman–Crippen LogP) is 1.27. The van der Waals surface area contributed by atoms with Crippen molar-refractivity contribution < 1.29 is 22.5 Å². The Morgan fingerprint density at radius 3 is 2.57 bits per heavy atom. The highest BCUT2D eigenvalue weighted by molar-refractivity contribution is 7.85. The Morgan fingerprint density at radius 1 is 1.43 bits per heavy atom. The van der Waals surface area contributed by atoms with Gasteiger partial charge in [-0.2, -0.15) is 13.7 Å². The summed E-state index contributed by atoms with van der Waals surface area (Å²) in [5.74, 6) is -0.734. The third-order valence-corrected chi connectivity index (χ3v) is 4.12. The molecule has 2 rings (SSSR count). The van der Waals surface area contributed by atoms with Crippen LogP contribution in [0, 0.1) is 18.3 Å². The molecule has 0 saturated heterocycles. The van der Waals surface area contributed by atoms with Crippen molar-refractivity contribution in [2.45, 2.75) is 11.8 Å². The van der Waals surface area contributed by atoms with E-state index in [1.54, 1.807) is 6.92 Å². The lowest BCUT2D eigenvalue weighted by atomic mass is 10.2. The SMILES string of the molecule is COC(=O)c1c(N)c(C#N)cn1-c1ccc(S(=O)(=O)O)cc1C. The number of nitrogens with zero attached hydrogens (tertiary/aromatic N) is 2. The number of hydrogen-bond donors (Lipinski definition) is 2. The number of nitriles is 1.